The summed E-state index contributed by atoms with van der Waals surface area (Å²) in [4.78, 5) is 13.5. The summed E-state index contributed by atoms with van der Waals surface area (Å²) in [6.45, 7) is 7.61. The molecule has 0 aromatic heterocycles. The lowest BCUT2D eigenvalue weighted by Crippen LogP contribution is -2.30. The molecule has 2 aromatic rings. The van der Waals surface area contributed by atoms with Crippen LogP contribution in [0.15, 0.2) is 40.1 Å². The molecule has 0 unspecified atom stereocenters. The van der Waals surface area contributed by atoms with Crippen molar-refractivity contribution in [2.75, 3.05) is 29.8 Å². The van der Waals surface area contributed by atoms with Gasteiger partial charge in [0.05, 0.1) is 21.9 Å². The number of nitrogens with one attached hydrogen (secondary N) is 1. The highest BCUT2D eigenvalue weighted by Gasteiger charge is 2.28. The van der Waals surface area contributed by atoms with Gasteiger partial charge in [0, 0.05) is 25.8 Å². The maximum absolute atomic E-state index is 13.1. The SMILES string of the molecule is CCN(CC)S(=O)(=O)c1cc(C)c(C)c(NS(=O)(=O)c2ccc3c(c2)CC(=O)N3C)c1. The number of benzene rings is 2. The molecule has 0 atom stereocenters. The average Bonchev–Trinajstić information content (AvgIpc) is 2.99. The first-order valence-electron chi connectivity index (χ1n) is 9.96. The average molecular weight is 466 g/mol. The molecular weight excluding hydrogens is 438 g/mol. The van der Waals surface area contributed by atoms with E-state index >= 15 is 0 Å². The molecule has 0 aliphatic carbocycles. The van der Waals surface area contributed by atoms with Gasteiger partial charge in [0.2, 0.25) is 15.9 Å². The molecule has 0 spiro atoms. The van der Waals surface area contributed by atoms with Gasteiger partial charge in [0.15, 0.2) is 0 Å². The third-order valence-electron chi connectivity index (χ3n) is 5.67. The lowest BCUT2D eigenvalue weighted by atomic mass is 10.1. The molecule has 0 radical (unpaired) electrons. The first kappa shape index (κ1) is 23.2. The molecule has 8 nitrogen and oxygen atoms in total. The predicted molar refractivity (Wildman–Crippen MR) is 120 cm³/mol. The van der Waals surface area contributed by atoms with Crippen molar-refractivity contribution in [3.05, 3.63) is 47.0 Å². The molecule has 0 saturated carbocycles. The van der Waals surface area contributed by atoms with Gasteiger partial charge in [-0.1, -0.05) is 13.8 Å². The number of hydrogen-bond acceptors (Lipinski definition) is 5. The highest BCUT2D eigenvalue weighted by molar-refractivity contribution is 7.92. The van der Waals surface area contributed by atoms with E-state index in [0.29, 0.717) is 35.5 Å². The van der Waals surface area contributed by atoms with Crippen LogP contribution >= 0.6 is 0 Å². The third-order valence-corrected chi connectivity index (χ3v) is 9.06. The fourth-order valence-electron chi connectivity index (χ4n) is 3.61. The number of sulfonamides is 2. The van der Waals surface area contributed by atoms with Crippen LogP contribution in [0.5, 0.6) is 0 Å². The first-order valence-corrected chi connectivity index (χ1v) is 12.9. The van der Waals surface area contributed by atoms with Crippen molar-refractivity contribution < 1.29 is 21.6 Å². The van der Waals surface area contributed by atoms with Crippen molar-refractivity contribution in [2.24, 2.45) is 0 Å². The lowest BCUT2D eigenvalue weighted by Gasteiger charge is -2.21. The number of hydrogen-bond donors (Lipinski definition) is 1. The quantitative estimate of drug-likeness (QED) is 0.677. The van der Waals surface area contributed by atoms with Crippen LogP contribution in [0.2, 0.25) is 0 Å². The van der Waals surface area contributed by atoms with E-state index in [4.69, 9.17) is 0 Å². The number of fused-ring (bicyclic) bond motifs is 1. The van der Waals surface area contributed by atoms with Crippen LogP contribution in [0, 0.1) is 13.8 Å². The Morgan fingerprint density at radius 3 is 2.26 bits per heavy atom. The Morgan fingerprint density at radius 2 is 1.65 bits per heavy atom. The van der Waals surface area contributed by atoms with Crippen LogP contribution in [-0.4, -0.2) is 47.2 Å². The minimum Gasteiger partial charge on any atom is -0.315 e. The number of carbonyl (C=O) groups is 1. The molecule has 1 aliphatic rings. The summed E-state index contributed by atoms with van der Waals surface area (Å²) in [6.07, 6.45) is 0.144. The lowest BCUT2D eigenvalue weighted by molar-refractivity contribution is -0.117. The van der Waals surface area contributed by atoms with E-state index in [2.05, 4.69) is 4.72 Å². The minimum absolute atomic E-state index is 0.0170. The molecule has 0 saturated heterocycles. The zero-order valence-corrected chi connectivity index (χ0v) is 19.9. The van der Waals surface area contributed by atoms with Crippen LogP contribution in [0.4, 0.5) is 11.4 Å². The maximum atomic E-state index is 13.1. The van der Waals surface area contributed by atoms with Crippen molar-refractivity contribution in [3.8, 4) is 0 Å². The van der Waals surface area contributed by atoms with Gasteiger partial charge in [-0.2, -0.15) is 4.31 Å². The highest BCUT2D eigenvalue weighted by Crippen LogP contribution is 2.32. The second-order valence-corrected chi connectivity index (χ2v) is 11.1. The summed E-state index contributed by atoms with van der Waals surface area (Å²) < 4.78 is 55.9. The monoisotopic (exact) mass is 465 g/mol. The van der Waals surface area contributed by atoms with Crippen LogP contribution in [-0.2, 0) is 31.3 Å². The van der Waals surface area contributed by atoms with Gasteiger partial charge >= 0.3 is 0 Å². The number of aryl methyl sites for hydroxylation is 1. The van der Waals surface area contributed by atoms with Gasteiger partial charge in [-0.3, -0.25) is 9.52 Å². The van der Waals surface area contributed by atoms with E-state index in [-0.39, 0.29) is 27.8 Å². The summed E-state index contributed by atoms with van der Waals surface area (Å²) in [6, 6.07) is 7.44. The molecule has 1 amide bonds. The fourth-order valence-corrected chi connectivity index (χ4v) is 6.35. The summed E-state index contributed by atoms with van der Waals surface area (Å²) in [7, 11) is -6.09. The molecule has 1 N–H and O–H groups in total. The van der Waals surface area contributed by atoms with Crippen molar-refractivity contribution in [1.29, 1.82) is 0 Å². The van der Waals surface area contributed by atoms with Gasteiger partial charge in [-0.15, -0.1) is 0 Å². The molecule has 1 heterocycles. The molecular formula is C21H27N3O5S2. The van der Waals surface area contributed by atoms with Gasteiger partial charge in [-0.05, 0) is 60.9 Å². The van der Waals surface area contributed by atoms with Crippen molar-refractivity contribution >= 4 is 37.3 Å². The largest absolute Gasteiger partial charge is 0.315 e. The number of carbonyl (C=O) groups excluding carboxylic acids is 1. The molecule has 3 rings (SSSR count). The number of likely N-dealkylation sites (N-methyl/N-ethyl adjacent to an activating group) is 1. The number of nitrogens with zero attached hydrogens (tertiary/aromatic N) is 2. The number of anilines is 2. The summed E-state index contributed by atoms with van der Waals surface area (Å²) >= 11 is 0. The molecule has 0 fully saturated rings. The Hall–Kier alpha value is -2.43. The molecule has 2 aromatic carbocycles. The Morgan fingerprint density at radius 1 is 1.00 bits per heavy atom. The molecule has 0 bridgehead atoms. The van der Waals surface area contributed by atoms with Gasteiger partial charge in [-0.25, -0.2) is 16.8 Å². The first-order chi connectivity index (χ1) is 14.4. The van der Waals surface area contributed by atoms with E-state index in [9.17, 15) is 21.6 Å². The van der Waals surface area contributed by atoms with Crippen LogP contribution in [0.1, 0.15) is 30.5 Å². The third kappa shape index (κ3) is 4.19. The molecule has 10 heteroatoms. The fraction of sp³-hybridized carbons (Fsp3) is 0.381. The number of rotatable bonds is 7. The van der Waals surface area contributed by atoms with E-state index < -0.39 is 20.0 Å². The van der Waals surface area contributed by atoms with Crippen molar-refractivity contribution in [2.45, 2.75) is 43.9 Å². The Balaban J connectivity index is 2.02. The van der Waals surface area contributed by atoms with Crippen LogP contribution in [0.25, 0.3) is 0 Å². The van der Waals surface area contributed by atoms with Crippen LogP contribution in [0.3, 0.4) is 0 Å². The predicted octanol–water partition coefficient (Wildman–Crippen LogP) is 2.65. The smallest absolute Gasteiger partial charge is 0.261 e. The van der Waals surface area contributed by atoms with Crippen LogP contribution < -0.4 is 9.62 Å². The Kier molecular flexibility index (Phi) is 6.18. The summed E-state index contributed by atoms with van der Waals surface area (Å²) in [5, 5.41) is 0. The van der Waals surface area contributed by atoms with E-state index in [1.807, 2.05) is 0 Å². The second-order valence-electron chi connectivity index (χ2n) is 7.53. The zero-order chi connectivity index (χ0) is 23.1. The van der Waals surface area contributed by atoms with Gasteiger partial charge < -0.3 is 4.90 Å². The normalized spacial score (nSPS) is 14.3. The minimum atomic E-state index is -3.99. The molecule has 168 valence electrons. The maximum Gasteiger partial charge on any atom is 0.261 e. The van der Waals surface area contributed by atoms with E-state index in [0.717, 1.165) is 0 Å². The van der Waals surface area contributed by atoms with Crippen molar-refractivity contribution in [3.63, 3.8) is 0 Å². The highest BCUT2D eigenvalue weighted by atomic mass is 32.2. The van der Waals surface area contributed by atoms with Crippen molar-refractivity contribution in [1.82, 2.24) is 4.31 Å². The van der Waals surface area contributed by atoms with E-state index in [1.54, 1.807) is 46.9 Å². The standard InChI is InChI=1S/C21H27N3O5S2/c1-6-24(7-2)31(28,29)18-10-14(3)15(4)19(13-18)22-30(26,27)17-8-9-20-16(11-17)12-21(25)23(20)5/h8-11,13,22H,6-7,12H2,1-5H3. The van der Waals surface area contributed by atoms with Gasteiger partial charge in [0.1, 0.15) is 0 Å². The molecule has 31 heavy (non-hydrogen) atoms. The molecule has 1 aliphatic heterocycles. The summed E-state index contributed by atoms with van der Waals surface area (Å²) in [5.74, 6) is -0.0988. The zero-order valence-electron chi connectivity index (χ0n) is 18.3. The van der Waals surface area contributed by atoms with E-state index in [1.165, 1.54) is 27.4 Å². The number of amides is 1. The Labute approximate surface area is 184 Å². The topological polar surface area (TPSA) is 104 Å². The second kappa shape index (κ2) is 8.25. The van der Waals surface area contributed by atoms with Gasteiger partial charge in [0.25, 0.3) is 10.0 Å². The summed E-state index contributed by atoms with van der Waals surface area (Å²) in [5.41, 5.74) is 2.83. The Bertz CT molecular complexity index is 1250.